The van der Waals surface area contributed by atoms with Crippen molar-refractivity contribution in [2.24, 2.45) is 5.73 Å². The molecule has 1 rings (SSSR count). The second-order valence-corrected chi connectivity index (χ2v) is 3.02. The van der Waals surface area contributed by atoms with Crippen LogP contribution in [0.2, 0.25) is 0 Å². The number of rotatable bonds is 4. The van der Waals surface area contributed by atoms with Gasteiger partial charge in [-0.2, -0.15) is 0 Å². The molecule has 0 spiro atoms. The highest BCUT2D eigenvalue weighted by Crippen LogP contribution is 2.14. The minimum absolute atomic E-state index is 0.0275. The lowest BCUT2D eigenvalue weighted by Crippen LogP contribution is -2.12. The number of hydrogen-bond donors (Lipinski definition) is 3. The smallest absolute Gasteiger partial charge is 0.0681 e. The third-order valence-corrected chi connectivity index (χ3v) is 2.00. The molecule has 0 bridgehead atoms. The number of hydrogen-bond acceptors (Lipinski definition) is 3. The van der Waals surface area contributed by atoms with Gasteiger partial charge in [-0.25, -0.2) is 0 Å². The molecule has 0 saturated heterocycles. The molecule has 0 aliphatic rings. The zero-order valence-corrected chi connectivity index (χ0v) is 7.48. The quantitative estimate of drug-likeness (QED) is 0.636. The topological polar surface area (TPSA) is 66.5 Å². The summed E-state index contributed by atoms with van der Waals surface area (Å²) in [5.41, 5.74) is 7.60. The Balaban J connectivity index is 2.75. The zero-order valence-electron chi connectivity index (χ0n) is 7.48. The Labute approximate surface area is 77.8 Å². The minimum Gasteiger partial charge on any atom is -0.396 e. The largest absolute Gasteiger partial charge is 0.396 e. The van der Waals surface area contributed by atoms with Gasteiger partial charge in [0, 0.05) is 12.6 Å². The van der Waals surface area contributed by atoms with Crippen LogP contribution in [0, 0.1) is 0 Å². The van der Waals surface area contributed by atoms with Crippen LogP contribution in [-0.4, -0.2) is 16.8 Å². The molecular formula is C10H15NO2. The van der Waals surface area contributed by atoms with E-state index in [1.807, 2.05) is 24.3 Å². The predicted molar refractivity (Wildman–Crippen MR) is 51.0 cm³/mol. The van der Waals surface area contributed by atoms with E-state index in [2.05, 4.69) is 0 Å². The van der Waals surface area contributed by atoms with Crippen LogP contribution in [0.5, 0.6) is 0 Å². The molecule has 13 heavy (non-hydrogen) atoms. The summed E-state index contributed by atoms with van der Waals surface area (Å²) in [6.07, 6.45) is 0.550. The van der Waals surface area contributed by atoms with Gasteiger partial charge in [0.05, 0.1) is 6.61 Å². The van der Waals surface area contributed by atoms with E-state index in [-0.39, 0.29) is 19.3 Å². The molecule has 1 aromatic carbocycles. The highest BCUT2D eigenvalue weighted by molar-refractivity contribution is 5.25. The van der Waals surface area contributed by atoms with Crippen molar-refractivity contribution in [3.05, 3.63) is 35.4 Å². The molecule has 0 aliphatic carbocycles. The summed E-state index contributed by atoms with van der Waals surface area (Å²) in [6.45, 7) is 0.115. The molecule has 3 nitrogen and oxygen atoms in total. The van der Waals surface area contributed by atoms with Gasteiger partial charge >= 0.3 is 0 Å². The third kappa shape index (κ3) is 2.81. The van der Waals surface area contributed by atoms with Crippen LogP contribution in [0.4, 0.5) is 0 Å². The van der Waals surface area contributed by atoms with Gasteiger partial charge in [-0.15, -0.1) is 0 Å². The standard InChI is InChI=1S/C10H15NO2/c11-10(4-5-12)9-3-1-2-8(6-9)7-13/h1-3,6,10,12-13H,4-5,7,11H2. The molecule has 0 heterocycles. The van der Waals surface area contributed by atoms with E-state index in [9.17, 15) is 0 Å². The Morgan fingerprint density at radius 1 is 1.31 bits per heavy atom. The molecule has 0 amide bonds. The van der Waals surface area contributed by atoms with Crippen molar-refractivity contribution in [1.29, 1.82) is 0 Å². The van der Waals surface area contributed by atoms with Crippen LogP contribution >= 0.6 is 0 Å². The van der Waals surface area contributed by atoms with Crippen LogP contribution in [0.15, 0.2) is 24.3 Å². The lowest BCUT2D eigenvalue weighted by atomic mass is 10.0. The summed E-state index contributed by atoms with van der Waals surface area (Å²) in [5.74, 6) is 0. The summed E-state index contributed by atoms with van der Waals surface area (Å²) in [4.78, 5) is 0. The Morgan fingerprint density at radius 2 is 2.08 bits per heavy atom. The van der Waals surface area contributed by atoms with Crippen molar-refractivity contribution in [1.82, 2.24) is 0 Å². The number of benzene rings is 1. The van der Waals surface area contributed by atoms with E-state index >= 15 is 0 Å². The maximum atomic E-state index is 8.88. The SMILES string of the molecule is NC(CCO)c1cccc(CO)c1. The fraction of sp³-hybridized carbons (Fsp3) is 0.400. The van der Waals surface area contributed by atoms with Gasteiger partial charge in [0.15, 0.2) is 0 Å². The monoisotopic (exact) mass is 181 g/mol. The van der Waals surface area contributed by atoms with Crippen LogP contribution in [0.3, 0.4) is 0 Å². The summed E-state index contributed by atoms with van der Waals surface area (Å²) < 4.78 is 0. The van der Waals surface area contributed by atoms with E-state index in [1.165, 1.54) is 0 Å². The zero-order chi connectivity index (χ0) is 9.68. The maximum absolute atomic E-state index is 8.88. The first-order valence-electron chi connectivity index (χ1n) is 4.34. The Morgan fingerprint density at radius 3 is 2.69 bits per heavy atom. The summed E-state index contributed by atoms with van der Waals surface area (Å²) >= 11 is 0. The van der Waals surface area contributed by atoms with E-state index in [0.29, 0.717) is 6.42 Å². The Bertz CT molecular complexity index is 263. The molecule has 4 N–H and O–H groups in total. The summed E-state index contributed by atoms with van der Waals surface area (Å²) in [5, 5.41) is 17.6. The lowest BCUT2D eigenvalue weighted by Gasteiger charge is -2.10. The van der Waals surface area contributed by atoms with Gasteiger partial charge in [-0.05, 0) is 17.5 Å². The van der Waals surface area contributed by atoms with Gasteiger partial charge in [-0.1, -0.05) is 24.3 Å². The van der Waals surface area contributed by atoms with Gasteiger partial charge in [0.25, 0.3) is 0 Å². The van der Waals surface area contributed by atoms with Gasteiger partial charge in [0.1, 0.15) is 0 Å². The first-order valence-corrected chi connectivity index (χ1v) is 4.34. The van der Waals surface area contributed by atoms with Crippen LogP contribution in [0.1, 0.15) is 23.6 Å². The van der Waals surface area contributed by atoms with Crippen LogP contribution < -0.4 is 5.73 Å². The fourth-order valence-corrected chi connectivity index (χ4v) is 1.23. The predicted octanol–water partition coefficient (Wildman–Crippen LogP) is 0.561. The molecule has 3 heteroatoms. The van der Waals surface area contributed by atoms with Gasteiger partial charge in [0.2, 0.25) is 0 Å². The van der Waals surface area contributed by atoms with Crippen LogP contribution in [-0.2, 0) is 6.61 Å². The summed E-state index contributed by atoms with van der Waals surface area (Å²) in [7, 11) is 0. The third-order valence-electron chi connectivity index (χ3n) is 2.00. The molecule has 1 atom stereocenters. The maximum Gasteiger partial charge on any atom is 0.0681 e. The minimum atomic E-state index is -0.142. The molecule has 1 unspecified atom stereocenters. The molecule has 0 fully saturated rings. The molecule has 0 aliphatic heterocycles. The van der Waals surface area contributed by atoms with Crippen molar-refractivity contribution in [3.8, 4) is 0 Å². The average Bonchev–Trinajstić information content (AvgIpc) is 2.18. The van der Waals surface area contributed by atoms with Gasteiger partial charge in [-0.3, -0.25) is 0 Å². The summed E-state index contributed by atoms with van der Waals surface area (Å²) in [6, 6.07) is 7.32. The van der Waals surface area contributed by atoms with E-state index in [1.54, 1.807) is 0 Å². The average molecular weight is 181 g/mol. The highest BCUT2D eigenvalue weighted by atomic mass is 16.3. The van der Waals surface area contributed by atoms with E-state index in [0.717, 1.165) is 11.1 Å². The highest BCUT2D eigenvalue weighted by Gasteiger charge is 2.04. The number of nitrogens with two attached hydrogens (primary N) is 1. The van der Waals surface area contributed by atoms with E-state index < -0.39 is 0 Å². The normalized spacial score (nSPS) is 12.8. The molecule has 0 saturated carbocycles. The van der Waals surface area contributed by atoms with Crippen molar-refractivity contribution >= 4 is 0 Å². The van der Waals surface area contributed by atoms with Gasteiger partial charge < -0.3 is 15.9 Å². The Hall–Kier alpha value is -0.900. The lowest BCUT2D eigenvalue weighted by molar-refractivity contribution is 0.275. The first kappa shape index (κ1) is 10.2. The molecule has 0 radical (unpaired) electrons. The molecular weight excluding hydrogens is 166 g/mol. The number of aliphatic hydroxyl groups excluding tert-OH is 2. The molecule has 1 aromatic rings. The van der Waals surface area contributed by atoms with Crippen molar-refractivity contribution in [2.75, 3.05) is 6.61 Å². The molecule has 72 valence electrons. The van der Waals surface area contributed by atoms with Crippen molar-refractivity contribution < 1.29 is 10.2 Å². The van der Waals surface area contributed by atoms with Crippen molar-refractivity contribution in [3.63, 3.8) is 0 Å². The number of aliphatic hydroxyl groups is 2. The second kappa shape index (κ2) is 4.97. The second-order valence-electron chi connectivity index (χ2n) is 3.02. The van der Waals surface area contributed by atoms with Crippen LogP contribution in [0.25, 0.3) is 0 Å². The van der Waals surface area contributed by atoms with E-state index in [4.69, 9.17) is 15.9 Å². The fourth-order valence-electron chi connectivity index (χ4n) is 1.23. The van der Waals surface area contributed by atoms with Crippen molar-refractivity contribution in [2.45, 2.75) is 19.1 Å². The molecule has 0 aromatic heterocycles. The Kier molecular flexibility index (Phi) is 3.89. The first-order chi connectivity index (χ1) is 6.27.